The van der Waals surface area contributed by atoms with Crippen LogP contribution in [0.5, 0.6) is 5.88 Å². The highest BCUT2D eigenvalue weighted by molar-refractivity contribution is 6.11. The number of urea groups is 1. The minimum Gasteiger partial charge on any atom is -0.472 e. The normalized spacial score (nSPS) is 13.8. The van der Waals surface area contributed by atoms with Gasteiger partial charge in [0.05, 0.1) is 35.1 Å². The number of imidazole rings is 1. The minimum atomic E-state index is -2.63. The molecule has 0 saturated carbocycles. The SMILES string of the molecule is Cn1cc2cc(N3Cc4ccc(OCC(F)F)nc4N(c4ccc5nc[nH]c5c4)C3=O)ccc2n1. The van der Waals surface area contributed by atoms with E-state index in [2.05, 4.69) is 20.1 Å². The summed E-state index contributed by atoms with van der Waals surface area (Å²) in [6.07, 6.45) is 0.829. The predicted octanol–water partition coefficient (Wildman–Crippen LogP) is 4.77. The lowest BCUT2D eigenvalue weighted by molar-refractivity contribution is 0.0796. The zero-order valence-electron chi connectivity index (χ0n) is 18.5. The highest BCUT2D eigenvalue weighted by Gasteiger charge is 2.34. The number of amides is 2. The first kappa shape index (κ1) is 21.0. The number of pyridine rings is 1. The molecule has 9 nitrogen and oxygen atoms in total. The summed E-state index contributed by atoms with van der Waals surface area (Å²) < 4.78 is 32.2. The van der Waals surface area contributed by atoms with E-state index in [9.17, 15) is 13.6 Å². The Kier molecular flexibility index (Phi) is 4.83. The molecular weight excluding hydrogens is 456 g/mol. The Bertz CT molecular complexity index is 1580. The Labute approximate surface area is 197 Å². The minimum absolute atomic E-state index is 0.0229. The van der Waals surface area contributed by atoms with Gasteiger partial charge in [-0.1, -0.05) is 0 Å². The number of aromatic amines is 1. The largest absolute Gasteiger partial charge is 0.472 e. The number of carbonyl (C=O) groups is 1. The van der Waals surface area contributed by atoms with Gasteiger partial charge in [0.25, 0.3) is 6.43 Å². The van der Waals surface area contributed by atoms with Crippen LogP contribution in [-0.4, -0.2) is 43.8 Å². The highest BCUT2D eigenvalue weighted by Crippen LogP contribution is 2.38. The van der Waals surface area contributed by atoms with Crippen molar-refractivity contribution in [1.29, 1.82) is 0 Å². The number of alkyl halides is 2. The average Bonchev–Trinajstić information content (AvgIpc) is 3.46. The van der Waals surface area contributed by atoms with E-state index < -0.39 is 13.0 Å². The summed E-state index contributed by atoms with van der Waals surface area (Å²) in [7, 11) is 1.84. The second kappa shape index (κ2) is 8.05. The average molecular weight is 475 g/mol. The maximum Gasteiger partial charge on any atom is 0.335 e. The molecule has 0 spiro atoms. The van der Waals surface area contributed by atoms with Gasteiger partial charge in [0.2, 0.25) is 5.88 Å². The number of carbonyl (C=O) groups excluding carboxylic acids is 1. The summed E-state index contributed by atoms with van der Waals surface area (Å²) in [5.74, 6) is 0.356. The Hall–Kier alpha value is -4.54. The molecule has 0 radical (unpaired) electrons. The van der Waals surface area contributed by atoms with Crippen molar-refractivity contribution in [1.82, 2.24) is 24.7 Å². The van der Waals surface area contributed by atoms with E-state index >= 15 is 0 Å². The standard InChI is InChI=1S/C24H19F2N7O2/c1-31-10-15-8-16(3-5-18(15)30-31)32-11-14-2-7-22(35-12-21(25)26)29-23(14)33(24(32)34)17-4-6-19-20(9-17)28-13-27-19/h2-10,13,21H,11-12H2,1H3,(H,27,28). The van der Waals surface area contributed by atoms with Crippen LogP contribution in [0.1, 0.15) is 5.56 Å². The number of nitrogens with one attached hydrogen (secondary N) is 1. The number of nitrogens with zero attached hydrogens (tertiary/aromatic N) is 6. The first-order chi connectivity index (χ1) is 17.0. The number of fused-ring (bicyclic) bond motifs is 3. The van der Waals surface area contributed by atoms with Crippen LogP contribution in [-0.2, 0) is 13.6 Å². The van der Waals surface area contributed by atoms with Crippen LogP contribution in [0.4, 0.5) is 30.8 Å². The summed E-state index contributed by atoms with van der Waals surface area (Å²) in [5, 5.41) is 5.30. The van der Waals surface area contributed by atoms with Crippen molar-refractivity contribution < 1.29 is 18.3 Å². The fourth-order valence-corrected chi connectivity index (χ4v) is 4.26. The summed E-state index contributed by atoms with van der Waals surface area (Å²) in [4.78, 5) is 28.7. The van der Waals surface area contributed by atoms with Gasteiger partial charge >= 0.3 is 6.03 Å². The number of halogens is 2. The maximum atomic E-state index is 13.9. The van der Waals surface area contributed by atoms with Gasteiger partial charge in [0, 0.05) is 35.9 Å². The van der Waals surface area contributed by atoms with E-state index in [0.29, 0.717) is 17.2 Å². The maximum absolute atomic E-state index is 13.9. The Morgan fingerprint density at radius 2 is 1.91 bits per heavy atom. The van der Waals surface area contributed by atoms with Crippen molar-refractivity contribution in [2.24, 2.45) is 7.05 Å². The molecule has 4 heterocycles. The van der Waals surface area contributed by atoms with Crippen LogP contribution in [0.3, 0.4) is 0 Å². The number of H-pyrrole nitrogens is 1. The van der Waals surface area contributed by atoms with Crippen molar-refractivity contribution in [3.8, 4) is 5.88 Å². The lowest BCUT2D eigenvalue weighted by Crippen LogP contribution is -2.45. The molecule has 1 aliphatic rings. The monoisotopic (exact) mass is 475 g/mol. The number of ether oxygens (including phenoxy) is 1. The number of hydrogen-bond acceptors (Lipinski definition) is 5. The van der Waals surface area contributed by atoms with E-state index in [0.717, 1.165) is 27.5 Å². The molecule has 0 bridgehead atoms. The van der Waals surface area contributed by atoms with Gasteiger partial charge in [0.1, 0.15) is 5.82 Å². The van der Waals surface area contributed by atoms with Crippen LogP contribution < -0.4 is 14.5 Å². The molecular formula is C24H19F2N7O2. The predicted molar refractivity (Wildman–Crippen MR) is 126 cm³/mol. The first-order valence-corrected chi connectivity index (χ1v) is 10.9. The van der Waals surface area contributed by atoms with Crippen molar-refractivity contribution in [3.63, 3.8) is 0 Å². The number of rotatable bonds is 5. The number of aryl methyl sites for hydroxylation is 1. The quantitative estimate of drug-likeness (QED) is 0.396. The Morgan fingerprint density at radius 3 is 2.77 bits per heavy atom. The lowest BCUT2D eigenvalue weighted by Gasteiger charge is -2.36. The topological polar surface area (TPSA) is 92.2 Å². The number of aromatic nitrogens is 5. The molecule has 11 heteroatoms. The highest BCUT2D eigenvalue weighted by atomic mass is 19.3. The van der Waals surface area contributed by atoms with Crippen molar-refractivity contribution in [3.05, 3.63) is 66.6 Å². The lowest BCUT2D eigenvalue weighted by atomic mass is 10.1. The third-order valence-corrected chi connectivity index (χ3v) is 5.83. The first-order valence-electron chi connectivity index (χ1n) is 10.9. The van der Waals surface area contributed by atoms with E-state index in [1.54, 1.807) is 40.2 Å². The molecule has 0 fully saturated rings. The van der Waals surface area contributed by atoms with Crippen LogP contribution in [0.25, 0.3) is 21.9 Å². The third-order valence-electron chi connectivity index (χ3n) is 5.83. The molecule has 2 aromatic carbocycles. The van der Waals surface area contributed by atoms with Crippen molar-refractivity contribution >= 4 is 45.2 Å². The zero-order chi connectivity index (χ0) is 24.1. The van der Waals surface area contributed by atoms with Crippen LogP contribution in [0.2, 0.25) is 0 Å². The third kappa shape index (κ3) is 3.70. The summed E-state index contributed by atoms with van der Waals surface area (Å²) in [6.45, 7) is -0.526. The van der Waals surface area contributed by atoms with Crippen LogP contribution in [0.15, 0.2) is 61.1 Å². The van der Waals surface area contributed by atoms with E-state index in [1.807, 2.05) is 31.4 Å². The molecule has 0 unspecified atom stereocenters. The van der Waals surface area contributed by atoms with Crippen molar-refractivity contribution in [2.45, 2.75) is 13.0 Å². The van der Waals surface area contributed by atoms with Crippen LogP contribution >= 0.6 is 0 Å². The van der Waals surface area contributed by atoms with Gasteiger partial charge in [-0.05, 0) is 42.5 Å². The molecule has 0 atom stereocenters. The molecule has 176 valence electrons. The van der Waals surface area contributed by atoms with Gasteiger partial charge in [0.15, 0.2) is 6.61 Å². The van der Waals surface area contributed by atoms with E-state index in [1.165, 1.54) is 11.0 Å². The Balaban J connectivity index is 1.46. The van der Waals surface area contributed by atoms with E-state index in [4.69, 9.17) is 4.74 Å². The summed E-state index contributed by atoms with van der Waals surface area (Å²) in [5.41, 5.74) is 4.32. The van der Waals surface area contributed by atoms with Crippen LogP contribution in [0, 0.1) is 0 Å². The Morgan fingerprint density at radius 1 is 1.09 bits per heavy atom. The van der Waals surface area contributed by atoms with Crippen molar-refractivity contribution in [2.75, 3.05) is 16.4 Å². The van der Waals surface area contributed by atoms with E-state index in [-0.39, 0.29) is 18.5 Å². The summed E-state index contributed by atoms with van der Waals surface area (Å²) >= 11 is 0. The van der Waals surface area contributed by atoms with Gasteiger partial charge in [-0.15, -0.1) is 0 Å². The number of anilines is 3. The second-order valence-corrected chi connectivity index (χ2v) is 8.19. The molecule has 0 saturated heterocycles. The van der Waals surface area contributed by atoms with Gasteiger partial charge in [-0.2, -0.15) is 10.1 Å². The second-order valence-electron chi connectivity index (χ2n) is 8.19. The molecule has 1 N–H and O–H groups in total. The van der Waals surface area contributed by atoms with Gasteiger partial charge in [-0.25, -0.2) is 23.5 Å². The fraction of sp³-hybridized carbons (Fsp3) is 0.167. The number of benzene rings is 2. The van der Waals surface area contributed by atoms with Gasteiger partial charge < -0.3 is 9.72 Å². The fourth-order valence-electron chi connectivity index (χ4n) is 4.26. The summed E-state index contributed by atoms with van der Waals surface area (Å²) in [6, 6.07) is 13.9. The molecule has 1 aliphatic heterocycles. The number of hydrogen-bond donors (Lipinski definition) is 1. The molecule has 2 amide bonds. The molecule has 0 aliphatic carbocycles. The smallest absolute Gasteiger partial charge is 0.335 e. The molecule has 5 aromatic rings. The molecule has 35 heavy (non-hydrogen) atoms. The van der Waals surface area contributed by atoms with Gasteiger partial charge in [-0.3, -0.25) is 9.58 Å². The molecule has 3 aromatic heterocycles. The zero-order valence-corrected chi connectivity index (χ0v) is 18.5. The molecule has 6 rings (SSSR count).